The van der Waals surface area contributed by atoms with Gasteiger partial charge >= 0.3 is 0 Å². The lowest BCUT2D eigenvalue weighted by molar-refractivity contribution is 0.0911. The zero-order valence-corrected chi connectivity index (χ0v) is 13.0. The Morgan fingerprint density at radius 2 is 2.14 bits per heavy atom. The van der Waals surface area contributed by atoms with Crippen LogP contribution in [0.1, 0.15) is 62.5 Å². The van der Waals surface area contributed by atoms with Gasteiger partial charge in [0.15, 0.2) is 5.65 Å². The van der Waals surface area contributed by atoms with Gasteiger partial charge in [-0.2, -0.15) is 0 Å². The number of H-pyrrole nitrogens is 1. The Hall–Kier alpha value is -1.91. The first-order valence-electron chi connectivity index (χ1n) is 7.51. The number of rotatable bonds is 3. The molecule has 0 bridgehead atoms. The van der Waals surface area contributed by atoms with Crippen LogP contribution in [-0.4, -0.2) is 26.9 Å². The molecule has 0 spiro atoms. The van der Waals surface area contributed by atoms with Gasteiger partial charge in [-0.05, 0) is 25.2 Å². The Balaban J connectivity index is 1.89. The summed E-state index contributed by atoms with van der Waals surface area (Å²) in [4.78, 5) is 24.5. The number of amides is 1. The molecule has 2 aromatic rings. The predicted molar refractivity (Wildman–Crippen MR) is 82.2 cm³/mol. The number of nitrogens with zero attached hydrogens (tertiary/aromatic N) is 2. The molecule has 21 heavy (non-hydrogen) atoms. The zero-order valence-electron chi connectivity index (χ0n) is 13.0. The lowest BCUT2D eigenvalue weighted by Gasteiger charge is -2.27. The first kappa shape index (κ1) is 14.0. The predicted octanol–water partition coefficient (Wildman–Crippen LogP) is 3.00. The van der Waals surface area contributed by atoms with Gasteiger partial charge in [-0.15, -0.1) is 0 Å². The summed E-state index contributed by atoms with van der Waals surface area (Å²) in [5, 5.41) is 3.05. The highest BCUT2D eigenvalue weighted by atomic mass is 16.1. The maximum Gasteiger partial charge on any atom is 0.255 e. The molecular formula is C16H22N4O. The molecule has 1 aliphatic rings. The van der Waals surface area contributed by atoms with Crippen LogP contribution in [0.3, 0.4) is 0 Å². The number of nitrogens with one attached hydrogen (secondary N) is 2. The molecular weight excluding hydrogens is 264 g/mol. The van der Waals surface area contributed by atoms with Gasteiger partial charge in [-0.25, -0.2) is 9.97 Å². The number of carbonyl (C=O) groups is 1. The maximum absolute atomic E-state index is 12.5. The number of hydrogen-bond donors (Lipinski definition) is 2. The van der Waals surface area contributed by atoms with Crippen molar-refractivity contribution < 1.29 is 4.79 Å². The molecule has 5 nitrogen and oxygen atoms in total. The van der Waals surface area contributed by atoms with E-state index in [-0.39, 0.29) is 17.4 Å². The fourth-order valence-corrected chi connectivity index (χ4v) is 2.14. The molecule has 0 aliphatic heterocycles. The average Bonchev–Trinajstić information content (AvgIpc) is 3.16. The van der Waals surface area contributed by atoms with E-state index < -0.39 is 0 Å². The maximum atomic E-state index is 12.5. The lowest BCUT2D eigenvalue weighted by atomic mass is 9.88. The standard InChI is InChI=1S/C16H22N4O/c1-9(16(2,3)4)19-15(21)11-7-17-14-13(11)20-12(8-18-14)10-5-6-10/h7-10H,5-6H2,1-4H3,(H,17,18)(H,19,21)/t9-/m1/s1. The van der Waals surface area contributed by atoms with Crippen molar-refractivity contribution in [2.75, 3.05) is 0 Å². The van der Waals surface area contributed by atoms with Crippen LogP contribution in [0.4, 0.5) is 0 Å². The van der Waals surface area contributed by atoms with Gasteiger partial charge in [-0.3, -0.25) is 4.79 Å². The van der Waals surface area contributed by atoms with Crippen LogP contribution in [0.25, 0.3) is 11.2 Å². The quantitative estimate of drug-likeness (QED) is 0.911. The Bertz CT molecular complexity index is 679. The van der Waals surface area contributed by atoms with Crippen molar-refractivity contribution in [2.24, 2.45) is 5.41 Å². The molecule has 2 heterocycles. The van der Waals surface area contributed by atoms with Crippen molar-refractivity contribution >= 4 is 17.1 Å². The third-order valence-corrected chi connectivity index (χ3v) is 4.29. The van der Waals surface area contributed by atoms with E-state index in [1.165, 1.54) is 12.8 Å². The summed E-state index contributed by atoms with van der Waals surface area (Å²) < 4.78 is 0. The van der Waals surface area contributed by atoms with E-state index in [1.807, 2.05) is 13.1 Å². The second-order valence-electron chi connectivity index (χ2n) is 7.03. The van der Waals surface area contributed by atoms with Crippen molar-refractivity contribution in [1.29, 1.82) is 0 Å². The minimum absolute atomic E-state index is 0.0205. The van der Waals surface area contributed by atoms with Crippen molar-refractivity contribution in [3.8, 4) is 0 Å². The lowest BCUT2D eigenvalue weighted by Crippen LogP contribution is -2.41. The van der Waals surface area contributed by atoms with Gasteiger partial charge < -0.3 is 10.3 Å². The summed E-state index contributed by atoms with van der Waals surface area (Å²) in [6.45, 7) is 8.35. The van der Waals surface area contributed by atoms with Crippen LogP contribution < -0.4 is 5.32 Å². The van der Waals surface area contributed by atoms with Crippen LogP contribution in [0, 0.1) is 5.41 Å². The molecule has 3 rings (SSSR count). The van der Waals surface area contributed by atoms with Gasteiger partial charge in [0.25, 0.3) is 5.91 Å². The smallest absolute Gasteiger partial charge is 0.255 e. The van der Waals surface area contributed by atoms with Crippen molar-refractivity contribution in [2.45, 2.75) is 52.5 Å². The number of fused-ring (bicyclic) bond motifs is 1. The highest BCUT2D eigenvalue weighted by Crippen LogP contribution is 2.39. The molecule has 1 fully saturated rings. The van der Waals surface area contributed by atoms with Crippen LogP contribution >= 0.6 is 0 Å². The van der Waals surface area contributed by atoms with Crippen LogP contribution in [0.5, 0.6) is 0 Å². The number of aromatic nitrogens is 3. The summed E-state index contributed by atoms with van der Waals surface area (Å²) in [6, 6.07) is 0.0783. The molecule has 112 valence electrons. The molecule has 0 unspecified atom stereocenters. The zero-order chi connectivity index (χ0) is 15.2. The summed E-state index contributed by atoms with van der Waals surface area (Å²) in [6.07, 6.45) is 5.86. The molecule has 0 radical (unpaired) electrons. The Morgan fingerprint density at radius 3 is 2.76 bits per heavy atom. The molecule has 2 N–H and O–H groups in total. The highest BCUT2D eigenvalue weighted by Gasteiger charge is 2.27. The third kappa shape index (κ3) is 2.77. The van der Waals surface area contributed by atoms with E-state index in [2.05, 4.69) is 41.0 Å². The summed E-state index contributed by atoms with van der Waals surface area (Å²) >= 11 is 0. The van der Waals surface area contributed by atoms with Crippen LogP contribution in [0.15, 0.2) is 12.4 Å². The van der Waals surface area contributed by atoms with Gasteiger partial charge in [0.05, 0.1) is 17.5 Å². The SMILES string of the molecule is C[C@@H](NC(=O)c1c[nH]c2ncc(C3CC3)nc12)C(C)(C)C. The Kier molecular flexibility index (Phi) is 3.23. The molecule has 0 saturated heterocycles. The highest BCUT2D eigenvalue weighted by molar-refractivity contribution is 6.04. The fraction of sp³-hybridized carbons (Fsp3) is 0.562. The van der Waals surface area contributed by atoms with Gasteiger partial charge in [0.1, 0.15) is 5.52 Å². The third-order valence-electron chi connectivity index (χ3n) is 4.29. The van der Waals surface area contributed by atoms with E-state index in [0.29, 0.717) is 22.6 Å². The molecule has 1 atom stereocenters. The van der Waals surface area contributed by atoms with Crippen molar-refractivity contribution in [1.82, 2.24) is 20.3 Å². The number of hydrogen-bond acceptors (Lipinski definition) is 3. The Morgan fingerprint density at radius 1 is 1.43 bits per heavy atom. The van der Waals surface area contributed by atoms with Crippen molar-refractivity contribution in [3.05, 3.63) is 23.7 Å². The monoisotopic (exact) mass is 286 g/mol. The first-order chi connectivity index (χ1) is 9.86. The minimum Gasteiger partial charge on any atom is -0.349 e. The average molecular weight is 286 g/mol. The molecule has 1 aliphatic carbocycles. The molecule has 5 heteroatoms. The van der Waals surface area contributed by atoms with Gasteiger partial charge in [0, 0.05) is 18.2 Å². The second kappa shape index (κ2) is 4.83. The van der Waals surface area contributed by atoms with E-state index in [4.69, 9.17) is 0 Å². The summed E-state index contributed by atoms with van der Waals surface area (Å²) in [7, 11) is 0. The number of carbonyl (C=O) groups excluding carboxylic acids is 1. The van der Waals surface area contributed by atoms with Crippen LogP contribution in [0.2, 0.25) is 0 Å². The largest absolute Gasteiger partial charge is 0.349 e. The van der Waals surface area contributed by atoms with E-state index in [9.17, 15) is 4.79 Å². The fourth-order valence-electron chi connectivity index (χ4n) is 2.14. The summed E-state index contributed by atoms with van der Waals surface area (Å²) in [5.74, 6) is 0.437. The van der Waals surface area contributed by atoms with E-state index in [0.717, 1.165) is 5.69 Å². The minimum atomic E-state index is -0.0917. The molecule has 2 aromatic heterocycles. The van der Waals surface area contributed by atoms with Crippen molar-refractivity contribution in [3.63, 3.8) is 0 Å². The number of aromatic amines is 1. The van der Waals surface area contributed by atoms with E-state index >= 15 is 0 Å². The topological polar surface area (TPSA) is 70.7 Å². The summed E-state index contributed by atoms with van der Waals surface area (Å²) in [5.41, 5.74) is 2.95. The van der Waals surface area contributed by atoms with Gasteiger partial charge in [0.2, 0.25) is 0 Å². The molecule has 0 aromatic carbocycles. The molecule has 1 amide bonds. The first-order valence-corrected chi connectivity index (χ1v) is 7.51. The molecule has 1 saturated carbocycles. The Labute approximate surface area is 124 Å². The normalized spacial score (nSPS) is 17.0. The van der Waals surface area contributed by atoms with E-state index in [1.54, 1.807) is 6.20 Å². The second-order valence-corrected chi connectivity index (χ2v) is 7.03. The van der Waals surface area contributed by atoms with Gasteiger partial charge in [-0.1, -0.05) is 20.8 Å². The van der Waals surface area contributed by atoms with Crippen LogP contribution in [-0.2, 0) is 0 Å².